The van der Waals surface area contributed by atoms with Gasteiger partial charge in [0.1, 0.15) is 10.6 Å². The van der Waals surface area contributed by atoms with Crippen LogP contribution in [0.2, 0.25) is 0 Å². The van der Waals surface area contributed by atoms with Crippen LogP contribution in [0.4, 0.5) is 36.1 Å². The fourth-order valence-corrected chi connectivity index (χ4v) is 4.62. The van der Waals surface area contributed by atoms with Crippen molar-refractivity contribution >= 4 is 32.9 Å². The minimum Gasteiger partial charge on any atom is -0.404 e. The van der Waals surface area contributed by atoms with Crippen LogP contribution in [-0.4, -0.2) is 38.1 Å². The van der Waals surface area contributed by atoms with E-state index < -0.39 is 27.0 Å². The third-order valence-corrected chi connectivity index (χ3v) is 6.31. The number of halogens is 3. The molecule has 4 rings (SSSR count). The van der Waals surface area contributed by atoms with E-state index in [2.05, 4.69) is 29.9 Å². The zero-order valence-electron chi connectivity index (χ0n) is 17.2. The standard InChI is InChI=1S/C21H20F3N5O3S/c22-21(23,24)32-18-5-1-2-6-19(18)33(30,31)28-16-9-7-15(8-10-16)26-20-13-17(14-25-27-20)29-11-3-4-12-29/h1-2,5-10,13-14,28H,3-4,11-12H2,(H,26,27). The number of nitrogens with one attached hydrogen (secondary N) is 2. The molecule has 2 N–H and O–H groups in total. The smallest absolute Gasteiger partial charge is 0.404 e. The van der Waals surface area contributed by atoms with Gasteiger partial charge in [0.15, 0.2) is 5.82 Å². The van der Waals surface area contributed by atoms with Crippen LogP contribution in [0.25, 0.3) is 0 Å². The quantitative estimate of drug-likeness (QED) is 0.514. The van der Waals surface area contributed by atoms with Gasteiger partial charge in [0.2, 0.25) is 0 Å². The molecular formula is C21H20F3N5O3S. The van der Waals surface area contributed by atoms with E-state index in [1.165, 1.54) is 24.3 Å². The van der Waals surface area contributed by atoms with Crippen LogP contribution in [-0.2, 0) is 10.0 Å². The molecule has 0 saturated carbocycles. The molecule has 3 aromatic rings. The number of alkyl halides is 3. The number of ether oxygens (including phenoxy) is 1. The van der Waals surface area contributed by atoms with Gasteiger partial charge < -0.3 is 15.0 Å². The van der Waals surface area contributed by atoms with Crippen molar-refractivity contribution in [2.75, 3.05) is 28.0 Å². The number of anilines is 4. The third kappa shape index (κ3) is 5.83. The average Bonchev–Trinajstić information content (AvgIpc) is 3.29. The Morgan fingerprint density at radius 1 is 0.970 bits per heavy atom. The van der Waals surface area contributed by atoms with Crippen LogP contribution in [0.15, 0.2) is 65.7 Å². The molecule has 1 fully saturated rings. The van der Waals surface area contributed by atoms with E-state index in [0.717, 1.165) is 43.8 Å². The van der Waals surface area contributed by atoms with E-state index in [-0.39, 0.29) is 5.69 Å². The highest BCUT2D eigenvalue weighted by Crippen LogP contribution is 2.31. The summed E-state index contributed by atoms with van der Waals surface area (Å²) in [5.74, 6) is -0.279. The summed E-state index contributed by atoms with van der Waals surface area (Å²) in [5, 5.41) is 11.2. The Morgan fingerprint density at radius 3 is 2.33 bits per heavy atom. The summed E-state index contributed by atoms with van der Waals surface area (Å²) in [6, 6.07) is 12.6. The fourth-order valence-electron chi connectivity index (χ4n) is 3.43. The van der Waals surface area contributed by atoms with Gasteiger partial charge in [-0.2, -0.15) is 5.10 Å². The number of para-hydroxylation sites is 1. The van der Waals surface area contributed by atoms with E-state index in [1.807, 2.05) is 6.07 Å². The van der Waals surface area contributed by atoms with Crippen molar-refractivity contribution in [2.45, 2.75) is 24.1 Å². The highest BCUT2D eigenvalue weighted by molar-refractivity contribution is 7.92. The number of aromatic nitrogens is 2. The van der Waals surface area contributed by atoms with Crippen molar-refractivity contribution in [2.24, 2.45) is 0 Å². The number of hydrogen-bond acceptors (Lipinski definition) is 7. The minimum absolute atomic E-state index is 0.166. The molecule has 1 aromatic heterocycles. The molecule has 12 heteroatoms. The van der Waals surface area contributed by atoms with Gasteiger partial charge in [0.25, 0.3) is 10.0 Å². The van der Waals surface area contributed by atoms with Crippen molar-refractivity contribution in [1.82, 2.24) is 10.2 Å². The fraction of sp³-hybridized carbons (Fsp3) is 0.238. The number of nitrogens with zero attached hydrogens (tertiary/aromatic N) is 3. The number of sulfonamides is 1. The summed E-state index contributed by atoms with van der Waals surface area (Å²) in [6.45, 7) is 1.94. The monoisotopic (exact) mass is 479 g/mol. The summed E-state index contributed by atoms with van der Waals surface area (Å²) in [5.41, 5.74) is 1.76. The molecular weight excluding hydrogens is 459 g/mol. The second kappa shape index (κ2) is 9.14. The summed E-state index contributed by atoms with van der Waals surface area (Å²) >= 11 is 0. The van der Waals surface area contributed by atoms with Crippen LogP contribution in [0, 0.1) is 0 Å². The van der Waals surface area contributed by atoms with Gasteiger partial charge in [-0.05, 0) is 49.2 Å². The Hall–Kier alpha value is -3.54. The predicted molar refractivity (Wildman–Crippen MR) is 117 cm³/mol. The summed E-state index contributed by atoms with van der Waals surface area (Å²) in [6.07, 6.45) is -1.05. The molecule has 0 spiro atoms. The lowest BCUT2D eigenvalue weighted by atomic mass is 10.3. The lowest BCUT2D eigenvalue weighted by molar-refractivity contribution is -0.275. The number of rotatable bonds is 7. The molecule has 0 amide bonds. The molecule has 2 heterocycles. The normalized spacial score (nSPS) is 14.2. The van der Waals surface area contributed by atoms with Gasteiger partial charge in [-0.15, -0.1) is 18.3 Å². The summed E-state index contributed by atoms with van der Waals surface area (Å²) in [4.78, 5) is 1.59. The van der Waals surface area contributed by atoms with Gasteiger partial charge >= 0.3 is 6.36 Å². The van der Waals surface area contributed by atoms with Crippen molar-refractivity contribution in [3.8, 4) is 5.75 Å². The maximum Gasteiger partial charge on any atom is 0.573 e. The Balaban J connectivity index is 1.47. The van der Waals surface area contributed by atoms with Gasteiger partial charge in [-0.25, -0.2) is 8.42 Å². The van der Waals surface area contributed by atoms with Crippen LogP contribution in [0.3, 0.4) is 0 Å². The van der Waals surface area contributed by atoms with Gasteiger partial charge in [-0.1, -0.05) is 12.1 Å². The first kappa shape index (κ1) is 22.6. The Kier molecular flexibility index (Phi) is 6.27. The van der Waals surface area contributed by atoms with E-state index in [9.17, 15) is 21.6 Å². The molecule has 0 atom stereocenters. The zero-order valence-corrected chi connectivity index (χ0v) is 18.0. The molecule has 0 radical (unpaired) electrons. The average molecular weight is 479 g/mol. The first-order valence-electron chi connectivity index (χ1n) is 10.0. The molecule has 1 aliphatic heterocycles. The van der Waals surface area contributed by atoms with Crippen molar-refractivity contribution in [3.63, 3.8) is 0 Å². The summed E-state index contributed by atoms with van der Waals surface area (Å²) < 4.78 is 69.3. The largest absolute Gasteiger partial charge is 0.573 e. The van der Waals surface area contributed by atoms with Gasteiger partial charge in [-0.3, -0.25) is 4.72 Å². The first-order chi connectivity index (χ1) is 15.7. The first-order valence-corrected chi connectivity index (χ1v) is 11.5. The predicted octanol–water partition coefficient (Wildman–Crippen LogP) is 4.52. The number of benzene rings is 2. The van der Waals surface area contributed by atoms with Crippen molar-refractivity contribution < 1.29 is 26.3 Å². The Labute approximate surface area is 188 Å². The molecule has 1 saturated heterocycles. The van der Waals surface area contributed by atoms with E-state index in [1.54, 1.807) is 18.3 Å². The zero-order chi connectivity index (χ0) is 23.5. The van der Waals surface area contributed by atoms with Crippen molar-refractivity contribution in [3.05, 3.63) is 60.8 Å². The molecule has 2 aromatic carbocycles. The lowest BCUT2D eigenvalue weighted by Gasteiger charge is -2.17. The van der Waals surface area contributed by atoms with Crippen LogP contribution in [0.1, 0.15) is 12.8 Å². The van der Waals surface area contributed by atoms with E-state index in [4.69, 9.17) is 0 Å². The third-order valence-electron chi connectivity index (χ3n) is 4.89. The summed E-state index contributed by atoms with van der Waals surface area (Å²) in [7, 11) is -4.33. The van der Waals surface area contributed by atoms with Crippen LogP contribution < -0.4 is 19.7 Å². The molecule has 1 aliphatic rings. The van der Waals surface area contributed by atoms with E-state index >= 15 is 0 Å². The van der Waals surface area contributed by atoms with Gasteiger partial charge in [0, 0.05) is 30.5 Å². The molecule has 0 unspecified atom stereocenters. The number of hydrogen-bond donors (Lipinski definition) is 2. The molecule has 174 valence electrons. The second-order valence-electron chi connectivity index (χ2n) is 7.30. The minimum atomic E-state index is -5.02. The second-order valence-corrected chi connectivity index (χ2v) is 8.95. The maximum atomic E-state index is 12.7. The molecule has 0 bridgehead atoms. The topological polar surface area (TPSA) is 96.5 Å². The lowest BCUT2D eigenvalue weighted by Crippen LogP contribution is -2.20. The highest BCUT2D eigenvalue weighted by atomic mass is 32.2. The highest BCUT2D eigenvalue weighted by Gasteiger charge is 2.34. The van der Waals surface area contributed by atoms with E-state index in [0.29, 0.717) is 11.5 Å². The van der Waals surface area contributed by atoms with Crippen molar-refractivity contribution in [1.29, 1.82) is 0 Å². The van der Waals surface area contributed by atoms with Gasteiger partial charge in [0.05, 0.1) is 11.9 Å². The molecule has 33 heavy (non-hydrogen) atoms. The molecule has 0 aliphatic carbocycles. The van der Waals surface area contributed by atoms with Crippen LogP contribution >= 0.6 is 0 Å². The SMILES string of the molecule is O=S(=O)(Nc1ccc(Nc2cc(N3CCCC3)cnn2)cc1)c1ccccc1OC(F)(F)F. The Bertz CT molecular complexity index is 1210. The Morgan fingerprint density at radius 2 is 1.64 bits per heavy atom. The van der Waals surface area contributed by atoms with Crippen LogP contribution in [0.5, 0.6) is 5.75 Å². The molecule has 8 nitrogen and oxygen atoms in total. The maximum absolute atomic E-state index is 12.7.